The highest BCUT2D eigenvalue weighted by Crippen LogP contribution is 2.49. The maximum Gasteiger partial charge on any atom is 0.435 e. The van der Waals surface area contributed by atoms with E-state index in [-0.39, 0.29) is 27.4 Å². The number of hydrogen-bond donors (Lipinski definition) is 1. The molecule has 2 aromatic rings. The van der Waals surface area contributed by atoms with E-state index in [1.54, 1.807) is 17.0 Å². The molecule has 0 radical (unpaired) electrons. The highest BCUT2D eigenvalue weighted by Gasteiger charge is 2.63. The van der Waals surface area contributed by atoms with Gasteiger partial charge in [-0.25, -0.2) is 0 Å². The van der Waals surface area contributed by atoms with Crippen LogP contribution in [0, 0.1) is 5.92 Å². The summed E-state index contributed by atoms with van der Waals surface area (Å²) in [5.41, 5.74) is -0.505. The lowest BCUT2D eigenvalue weighted by atomic mass is 9.89. The highest BCUT2D eigenvalue weighted by molar-refractivity contribution is 6.34. The molecule has 33 heavy (non-hydrogen) atoms. The molecule has 174 valence electrons. The van der Waals surface area contributed by atoms with Crippen molar-refractivity contribution in [3.05, 3.63) is 68.7 Å². The molecule has 2 aromatic carbocycles. The van der Waals surface area contributed by atoms with Gasteiger partial charge in [-0.2, -0.15) is 13.2 Å². The summed E-state index contributed by atoms with van der Waals surface area (Å²) >= 11 is 11.9. The van der Waals surface area contributed by atoms with Gasteiger partial charge in [0.05, 0.1) is 6.42 Å². The molecule has 5 nitrogen and oxygen atoms in total. The van der Waals surface area contributed by atoms with Gasteiger partial charge in [0, 0.05) is 40.8 Å². The van der Waals surface area contributed by atoms with Gasteiger partial charge in [0.25, 0.3) is 11.5 Å². The van der Waals surface area contributed by atoms with E-state index >= 15 is 0 Å². The van der Waals surface area contributed by atoms with Gasteiger partial charge >= 0.3 is 6.18 Å². The largest absolute Gasteiger partial charge is 0.435 e. The fourth-order valence-electron chi connectivity index (χ4n) is 4.22. The zero-order chi connectivity index (χ0) is 23.4. The average molecular weight is 498 g/mol. The second-order valence-electron chi connectivity index (χ2n) is 8.75. The van der Waals surface area contributed by atoms with E-state index in [0.29, 0.717) is 31.1 Å². The van der Waals surface area contributed by atoms with E-state index in [4.69, 9.17) is 28.0 Å². The second-order valence-corrected chi connectivity index (χ2v) is 9.62. The van der Waals surface area contributed by atoms with Crippen LogP contribution in [0.5, 0.6) is 0 Å². The number of amidine groups is 1. The number of halogens is 5. The summed E-state index contributed by atoms with van der Waals surface area (Å²) in [7, 11) is 0. The fourth-order valence-corrected chi connectivity index (χ4v) is 4.75. The lowest BCUT2D eigenvalue weighted by molar-refractivity contribution is -0.275. The number of oxime groups is 1. The Morgan fingerprint density at radius 2 is 1.82 bits per heavy atom. The van der Waals surface area contributed by atoms with Gasteiger partial charge in [-0.05, 0) is 60.2 Å². The van der Waals surface area contributed by atoms with E-state index in [1.807, 2.05) is 6.07 Å². The minimum absolute atomic E-state index is 0.0826. The van der Waals surface area contributed by atoms with Gasteiger partial charge < -0.3 is 15.1 Å². The van der Waals surface area contributed by atoms with Gasteiger partial charge in [0.15, 0.2) is 0 Å². The first-order chi connectivity index (χ1) is 15.6. The summed E-state index contributed by atoms with van der Waals surface area (Å²) in [4.78, 5) is 19.2. The molecule has 1 fully saturated rings. The van der Waals surface area contributed by atoms with Crippen molar-refractivity contribution in [2.45, 2.75) is 44.1 Å². The van der Waals surface area contributed by atoms with Crippen LogP contribution in [-0.2, 0) is 23.5 Å². The summed E-state index contributed by atoms with van der Waals surface area (Å²) in [5, 5.41) is 6.92. The van der Waals surface area contributed by atoms with E-state index in [1.165, 1.54) is 18.2 Å². The van der Waals surface area contributed by atoms with Crippen LogP contribution in [0.25, 0.3) is 0 Å². The van der Waals surface area contributed by atoms with Crippen molar-refractivity contribution in [2.24, 2.45) is 11.1 Å². The Morgan fingerprint density at radius 3 is 2.48 bits per heavy atom. The molecule has 2 heterocycles. The smallest absolute Gasteiger partial charge is 0.372 e. The van der Waals surface area contributed by atoms with Crippen molar-refractivity contribution < 1.29 is 22.8 Å². The highest BCUT2D eigenvalue weighted by atomic mass is 35.5. The van der Waals surface area contributed by atoms with Crippen LogP contribution in [0.15, 0.2) is 41.6 Å². The monoisotopic (exact) mass is 497 g/mol. The van der Waals surface area contributed by atoms with Crippen molar-refractivity contribution in [1.82, 2.24) is 10.2 Å². The number of carbonyl (C=O) groups excluding carboxylic acids is 1. The molecule has 2 aliphatic heterocycles. The van der Waals surface area contributed by atoms with Crippen LogP contribution >= 0.6 is 23.2 Å². The molecular formula is C23H20Cl2F3N3O2. The van der Waals surface area contributed by atoms with E-state index in [9.17, 15) is 18.0 Å². The van der Waals surface area contributed by atoms with Gasteiger partial charge in [-0.3, -0.25) is 4.79 Å². The molecule has 1 saturated carbocycles. The third-order valence-electron chi connectivity index (χ3n) is 6.30. The summed E-state index contributed by atoms with van der Waals surface area (Å²) in [6, 6.07) is 9.14. The first kappa shape index (κ1) is 22.3. The number of carbonyl (C=O) groups is 1. The maximum absolute atomic E-state index is 14.2. The van der Waals surface area contributed by atoms with Crippen LogP contribution in [0.2, 0.25) is 10.0 Å². The molecule has 1 unspecified atom stereocenters. The number of benzene rings is 2. The van der Waals surface area contributed by atoms with Crippen molar-refractivity contribution >= 4 is 34.9 Å². The molecule has 1 atom stereocenters. The standard InChI is InChI=1S/C23H20Cl2F3N3O2/c24-18-6-17(7-19(25)8-18)22(23(26,27)28)9-20(30-33-22)31-11-15-4-3-14(5-16(15)12-31)21(32)29-10-13-1-2-13/h3-8,13H,1-2,9-12H2,(H,29,32). The predicted octanol–water partition coefficient (Wildman–Crippen LogP) is 5.64. The van der Waals surface area contributed by atoms with E-state index in [2.05, 4.69) is 10.5 Å². The number of nitrogens with zero attached hydrogens (tertiary/aromatic N) is 2. The molecular weight excluding hydrogens is 478 g/mol. The number of nitrogens with one attached hydrogen (secondary N) is 1. The summed E-state index contributed by atoms with van der Waals surface area (Å²) in [5.74, 6) is 0.612. The SMILES string of the molecule is O=C(NCC1CC1)c1ccc2c(c1)CN(C1=NOC(c3cc(Cl)cc(Cl)c3)(C(F)(F)F)C1)C2. The van der Waals surface area contributed by atoms with Gasteiger partial charge in [0.1, 0.15) is 5.84 Å². The molecule has 0 saturated heterocycles. The molecule has 0 bridgehead atoms. The predicted molar refractivity (Wildman–Crippen MR) is 118 cm³/mol. The zero-order valence-corrected chi connectivity index (χ0v) is 18.9. The summed E-state index contributed by atoms with van der Waals surface area (Å²) in [6.07, 6.45) is -2.96. The molecule has 0 spiro atoms. The quantitative estimate of drug-likeness (QED) is 0.594. The Hall–Kier alpha value is -2.45. The Morgan fingerprint density at radius 1 is 1.12 bits per heavy atom. The topological polar surface area (TPSA) is 53.9 Å². The number of hydrogen-bond acceptors (Lipinski definition) is 4. The Kier molecular flexibility index (Phi) is 5.48. The first-order valence-corrected chi connectivity index (χ1v) is 11.3. The Balaban J connectivity index is 1.34. The normalized spacial score (nSPS) is 22.1. The molecule has 10 heteroatoms. The first-order valence-electron chi connectivity index (χ1n) is 10.6. The molecule has 5 rings (SSSR count). The van der Waals surface area contributed by atoms with Crippen LogP contribution in [-0.4, -0.2) is 29.4 Å². The maximum atomic E-state index is 14.2. The van der Waals surface area contributed by atoms with Crippen LogP contribution < -0.4 is 5.32 Å². The molecule has 1 aliphatic carbocycles. The average Bonchev–Trinajstić information content (AvgIpc) is 3.29. The Labute approximate surface area is 198 Å². The molecule has 0 aromatic heterocycles. The van der Waals surface area contributed by atoms with Crippen molar-refractivity contribution in [2.75, 3.05) is 6.54 Å². The van der Waals surface area contributed by atoms with Gasteiger partial charge in [-0.15, -0.1) is 0 Å². The molecule has 1 N–H and O–H groups in total. The lowest BCUT2D eigenvalue weighted by Crippen LogP contribution is -2.43. The van der Waals surface area contributed by atoms with Gasteiger partial charge in [-0.1, -0.05) is 34.4 Å². The number of fused-ring (bicyclic) bond motifs is 1. The lowest BCUT2D eigenvalue weighted by Gasteiger charge is -2.30. The molecule has 3 aliphatic rings. The summed E-state index contributed by atoms with van der Waals surface area (Å²) < 4.78 is 42.6. The third kappa shape index (κ3) is 4.26. The van der Waals surface area contributed by atoms with Gasteiger partial charge in [0.2, 0.25) is 0 Å². The van der Waals surface area contributed by atoms with Crippen LogP contribution in [0.3, 0.4) is 0 Å². The van der Waals surface area contributed by atoms with Crippen molar-refractivity contribution in [3.8, 4) is 0 Å². The Bertz CT molecular complexity index is 1130. The van der Waals surface area contributed by atoms with E-state index in [0.717, 1.165) is 24.0 Å². The van der Waals surface area contributed by atoms with Crippen molar-refractivity contribution in [3.63, 3.8) is 0 Å². The van der Waals surface area contributed by atoms with E-state index < -0.39 is 18.2 Å². The van der Waals surface area contributed by atoms with Crippen LogP contribution in [0.4, 0.5) is 13.2 Å². The number of amides is 1. The number of rotatable bonds is 4. The summed E-state index contributed by atoms with van der Waals surface area (Å²) in [6.45, 7) is 1.39. The molecule has 1 amide bonds. The third-order valence-corrected chi connectivity index (χ3v) is 6.74. The zero-order valence-electron chi connectivity index (χ0n) is 17.4. The fraction of sp³-hybridized carbons (Fsp3) is 0.391. The second kappa shape index (κ2) is 8.09. The minimum Gasteiger partial charge on any atom is -0.372 e. The van der Waals surface area contributed by atoms with Crippen molar-refractivity contribution in [1.29, 1.82) is 0 Å². The van der Waals surface area contributed by atoms with Crippen LogP contribution in [0.1, 0.15) is 46.3 Å². The number of alkyl halides is 3. The minimum atomic E-state index is -4.74.